The lowest BCUT2D eigenvalue weighted by atomic mass is 10.2. The molecule has 2 N–H and O–H groups in total. The quantitative estimate of drug-likeness (QED) is 0.789. The van der Waals surface area contributed by atoms with Crippen LogP contribution in [0.5, 0.6) is 0 Å². The molecule has 1 amide bonds. The van der Waals surface area contributed by atoms with Crippen LogP contribution < -0.4 is 10.6 Å². The highest BCUT2D eigenvalue weighted by Gasteiger charge is 2.30. The molecule has 1 rings (SSSR count). The molecule has 0 unspecified atom stereocenters. The Kier molecular flexibility index (Phi) is 5.08. The Labute approximate surface area is 103 Å². The van der Waals surface area contributed by atoms with Crippen molar-refractivity contribution in [3.63, 3.8) is 0 Å². The predicted octanol–water partition coefficient (Wildman–Crippen LogP) is 1.44. The third kappa shape index (κ3) is 4.33. The van der Waals surface area contributed by atoms with Crippen LogP contribution in [-0.4, -0.2) is 31.0 Å². The van der Waals surface area contributed by atoms with Crippen LogP contribution in [0.25, 0.3) is 0 Å². The van der Waals surface area contributed by atoms with Gasteiger partial charge in [-0.25, -0.2) is 0 Å². The molecule has 0 aliphatic rings. The maximum atomic E-state index is 12.3. The summed E-state index contributed by atoms with van der Waals surface area (Å²) in [6, 6.07) is 1.91. The van der Waals surface area contributed by atoms with Crippen molar-refractivity contribution in [3.8, 4) is 0 Å². The van der Waals surface area contributed by atoms with E-state index in [1.165, 1.54) is 0 Å². The minimum absolute atomic E-state index is 0.0209. The van der Waals surface area contributed by atoms with Gasteiger partial charge in [-0.2, -0.15) is 13.2 Å². The average molecular weight is 261 g/mol. The molecule has 0 aliphatic heterocycles. The number of rotatable bonds is 5. The van der Waals surface area contributed by atoms with Crippen LogP contribution in [0.1, 0.15) is 22.5 Å². The highest BCUT2D eigenvalue weighted by molar-refractivity contribution is 5.92. The molecule has 0 saturated heterocycles. The van der Waals surface area contributed by atoms with Crippen molar-refractivity contribution >= 4 is 5.91 Å². The van der Waals surface area contributed by atoms with E-state index in [9.17, 15) is 18.0 Å². The molecule has 18 heavy (non-hydrogen) atoms. The molecule has 0 fully saturated rings. The second-order valence-corrected chi connectivity index (χ2v) is 3.64. The molecular weight excluding hydrogens is 247 g/mol. The van der Waals surface area contributed by atoms with Gasteiger partial charge in [0.05, 0.1) is 5.56 Å². The van der Waals surface area contributed by atoms with E-state index in [1.54, 1.807) is 7.05 Å². The van der Waals surface area contributed by atoms with E-state index in [1.807, 2.05) is 0 Å². The normalized spacial score (nSPS) is 11.3. The molecule has 4 nitrogen and oxygen atoms in total. The lowest BCUT2D eigenvalue weighted by molar-refractivity contribution is -0.137. The standard InChI is InChI=1S/C11H14F3N3O/c1-15-5-2-6-16-10(18)9-4-3-8(7-17-9)11(12,13)14/h3-4,7,15H,2,5-6H2,1H3,(H,16,18). The van der Waals surface area contributed by atoms with Gasteiger partial charge in [-0.3, -0.25) is 9.78 Å². The minimum Gasteiger partial charge on any atom is -0.351 e. The zero-order chi connectivity index (χ0) is 13.6. The first-order chi connectivity index (χ1) is 8.45. The zero-order valence-electron chi connectivity index (χ0n) is 9.84. The second kappa shape index (κ2) is 6.34. The molecule has 0 aromatic carbocycles. The Bertz CT molecular complexity index is 390. The van der Waals surface area contributed by atoms with E-state index in [-0.39, 0.29) is 5.69 Å². The summed E-state index contributed by atoms with van der Waals surface area (Å²) < 4.78 is 36.8. The van der Waals surface area contributed by atoms with Crippen LogP contribution in [0.3, 0.4) is 0 Å². The highest BCUT2D eigenvalue weighted by atomic mass is 19.4. The number of hydrogen-bond donors (Lipinski definition) is 2. The third-order valence-electron chi connectivity index (χ3n) is 2.21. The van der Waals surface area contributed by atoms with E-state index < -0.39 is 17.6 Å². The van der Waals surface area contributed by atoms with Gasteiger partial charge < -0.3 is 10.6 Å². The molecule has 100 valence electrons. The van der Waals surface area contributed by atoms with Crippen molar-refractivity contribution in [1.29, 1.82) is 0 Å². The van der Waals surface area contributed by atoms with Gasteiger partial charge in [-0.05, 0) is 32.1 Å². The number of nitrogens with one attached hydrogen (secondary N) is 2. The molecule has 1 aromatic heterocycles. The van der Waals surface area contributed by atoms with Crippen LogP contribution in [0.2, 0.25) is 0 Å². The Morgan fingerprint density at radius 3 is 2.56 bits per heavy atom. The number of nitrogens with zero attached hydrogens (tertiary/aromatic N) is 1. The number of carbonyl (C=O) groups excluding carboxylic acids is 1. The smallest absolute Gasteiger partial charge is 0.351 e. The maximum Gasteiger partial charge on any atom is 0.417 e. The van der Waals surface area contributed by atoms with E-state index in [2.05, 4.69) is 15.6 Å². The molecule has 0 spiro atoms. The van der Waals surface area contributed by atoms with Crippen molar-refractivity contribution in [2.24, 2.45) is 0 Å². The lowest BCUT2D eigenvalue weighted by Crippen LogP contribution is -2.27. The lowest BCUT2D eigenvalue weighted by Gasteiger charge is -2.07. The van der Waals surface area contributed by atoms with Crippen molar-refractivity contribution in [3.05, 3.63) is 29.6 Å². The van der Waals surface area contributed by atoms with Crippen LogP contribution in [-0.2, 0) is 6.18 Å². The van der Waals surface area contributed by atoms with E-state index in [0.717, 1.165) is 25.1 Å². The van der Waals surface area contributed by atoms with Crippen LogP contribution in [0.4, 0.5) is 13.2 Å². The fourth-order valence-electron chi connectivity index (χ4n) is 1.25. The number of halogens is 3. The van der Waals surface area contributed by atoms with Crippen LogP contribution in [0, 0.1) is 0 Å². The Hall–Kier alpha value is -1.63. The Morgan fingerprint density at radius 2 is 2.06 bits per heavy atom. The Morgan fingerprint density at radius 1 is 1.33 bits per heavy atom. The number of hydrogen-bond acceptors (Lipinski definition) is 3. The molecule has 1 heterocycles. The molecule has 7 heteroatoms. The van der Waals surface area contributed by atoms with Crippen molar-refractivity contribution in [1.82, 2.24) is 15.6 Å². The monoisotopic (exact) mass is 261 g/mol. The van der Waals surface area contributed by atoms with Crippen molar-refractivity contribution in [2.45, 2.75) is 12.6 Å². The fourth-order valence-corrected chi connectivity index (χ4v) is 1.25. The van der Waals surface area contributed by atoms with Gasteiger partial charge in [0.15, 0.2) is 0 Å². The Balaban J connectivity index is 2.54. The van der Waals surface area contributed by atoms with Gasteiger partial charge in [0.1, 0.15) is 5.69 Å². The second-order valence-electron chi connectivity index (χ2n) is 3.64. The summed E-state index contributed by atoms with van der Waals surface area (Å²) in [5.74, 6) is -0.472. The number of pyridine rings is 1. The van der Waals surface area contributed by atoms with Crippen molar-refractivity contribution in [2.75, 3.05) is 20.1 Å². The van der Waals surface area contributed by atoms with E-state index in [0.29, 0.717) is 12.7 Å². The maximum absolute atomic E-state index is 12.3. The van der Waals surface area contributed by atoms with Gasteiger partial charge in [-0.15, -0.1) is 0 Å². The topological polar surface area (TPSA) is 54.0 Å². The zero-order valence-corrected chi connectivity index (χ0v) is 9.84. The largest absolute Gasteiger partial charge is 0.417 e. The molecule has 0 aliphatic carbocycles. The summed E-state index contributed by atoms with van der Waals surface area (Å²) in [5, 5.41) is 5.48. The summed E-state index contributed by atoms with van der Waals surface area (Å²) in [6.45, 7) is 1.20. The highest BCUT2D eigenvalue weighted by Crippen LogP contribution is 2.28. The molecule has 1 aromatic rings. The summed E-state index contributed by atoms with van der Waals surface area (Å²) in [5.41, 5.74) is -0.887. The van der Waals surface area contributed by atoms with Crippen molar-refractivity contribution < 1.29 is 18.0 Å². The number of amides is 1. The van der Waals surface area contributed by atoms with Gasteiger partial charge in [-0.1, -0.05) is 0 Å². The van der Waals surface area contributed by atoms with Gasteiger partial charge >= 0.3 is 6.18 Å². The van der Waals surface area contributed by atoms with Crippen LogP contribution >= 0.6 is 0 Å². The summed E-state index contributed by atoms with van der Waals surface area (Å²) in [4.78, 5) is 15.0. The number of aromatic nitrogens is 1. The summed E-state index contributed by atoms with van der Waals surface area (Å²) >= 11 is 0. The fraction of sp³-hybridized carbons (Fsp3) is 0.455. The van der Waals surface area contributed by atoms with E-state index >= 15 is 0 Å². The number of alkyl halides is 3. The van der Waals surface area contributed by atoms with Crippen LogP contribution in [0.15, 0.2) is 18.3 Å². The SMILES string of the molecule is CNCCCNC(=O)c1ccc(C(F)(F)F)cn1. The minimum atomic E-state index is -4.44. The molecule has 0 saturated carbocycles. The first-order valence-electron chi connectivity index (χ1n) is 5.41. The van der Waals surface area contributed by atoms with E-state index in [4.69, 9.17) is 0 Å². The molecular formula is C11H14F3N3O. The van der Waals surface area contributed by atoms with Gasteiger partial charge in [0.2, 0.25) is 0 Å². The molecule has 0 atom stereocenters. The summed E-state index contributed by atoms with van der Waals surface area (Å²) in [6.07, 6.45) is -3.04. The first kappa shape index (κ1) is 14.4. The first-order valence-corrected chi connectivity index (χ1v) is 5.41. The number of carbonyl (C=O) groups is 1. The molecule has 0 radical (unpaired) electrons. The van der Waals surface area contributed by atoms with Gasteiger partial charge in [0.25, 0.3) is 5.91 Å². The third-order valence-corrected chi connectivity index (χ3v) is 2.21. The molecule has 0 bridgehead atoms. The predicted molar refractivity (Wildman–Crippen MR) is 60.1 cm³/mol. The summed E-state index contributed by atoms with van der Waals surface area (Å²) in [7, 11) is 1.79. The van der Waals surface area contributed by atoms with Gasteiger partial charge in [0, 0.05) is 12.7 Å². The average Bonchev–Trinajstić information content (AvgIpc) is 2.33.